The van der Waals surface area contributed by atoms with Crippen LogP contribution in [0.15, 0.2) is 22.7 Å². The Morgan fingerprint density at radius 1 is 1.33 bits per heavy atom. The van der Waals surface area contributed by atoms with E-state index in [2.05, 4.69) is 22.9 Å². The zero-order valence-corrected chi connectivity index (χ0v) is 12.3. The van der Waals surface area contributed by atoms with Gasteiger partial charge in [-0.15, -0.1) is 0 Å². The van der Waals surface area contributed by atoms with Crippen molar-refractivity contribution < 1.29 is 9.50 Å². The third kappa shape index (κ3) is 2.94. The van der Waals surface area contributed by atoms with Crippen molar-refractivity contribution in [2.75, 3.05) is 0 Å². The summed E-state index contributed by atoms with van der Waals surface area (Å²) in [4.78, 5) is 0. The van der Waals surface area contributed by atoms with Crippen molar-refractivity contribution in [3.63, 3.8) is 0 Å². The van der Waals surface area contributed by atoms with Crippen LogP contribution < -0.4 is 0 Å². The standard InChI is InChI=1S/C15H20BrFO/c1-2-10-6-8-11(9-7-10)15(18)12-4-3-5-13(17)14(12)16/h3-5,10-11,15,18H,2,6-9H2,1H3. The molecular weight excluding hydrogens is 295 g/mol. The minimum absolute atomic E-state index is 0.269. The van der Waals surface area contributed by atoms with Crippen molar-refractivity contribution in [3.05, 3.63) is 34.1 Å². The van der Waals surface area contributed by atoms with Crippen LogP contribution in [0, 0.1) is 17.7 Å². The summed E-state index contributed by atoms with van der Waals surface area (Å²) in [6.07, 6.45) is 5.14. The Morgan fingerprint density at radius 2 is 2.00 bits per heavy atom. The van der Waals surface area contributed by atoms with Crippen LogP contribution in [0.2, 0.25) is 0 Å². The first-order valence-electron chi connectivity index (χ1n) is 6.75. The second-order valence-electron chi connectivity index (χ2n) is 5.28. The molecule has 3 heteroatoms. The summed E-state index contributed by atoms with van der Waals surface area (Å²) in [5.74, 6) is 0.782. The molecule has 0 aromatic heterocycles. The van der Waals surface area contributed by atoms with Crippen molar-refractivity contribution in [2.24, 2.45) is 11.8 Å². The van der Waals surface area contributed by atoms with Gasteiger partial charge in [0.15, 0.2) is 0 Å². The molecule has 0 aliphatic heterocycles. The van der Waals surface area contributed by atoms with Gasteiger partial charge in [-0.25, -0.2) is 4.39 Å². The molecule has 0 saturated heterocycles. The number of hydrogen-bond donors (Lipinski definition) is 1. The lowest BCUT2D eigenvalue weighted by Crippen LogP contribution is -2.20. The monoisotopic (exact) mass is 314 g/mol. The summed E-state index contributed by atoms with van der Waals surface area (Å²) in [6.45, 7) is 2.23. The predicted molar refractivity (Wildman–Crippen MR) is 74.8 cm³/mol. The van der Waals surface area contributed by atoms with Crippen LogP contribution in [0.25, 0.3) is 0 Å². The summed E-state index contributed by atoms with van der Waals surface area (Å²) < 4.78 is 13.9. The van der Waals surface area contributed by atoms with Gasteiger partial charge in [-0.05, 0) is 52.2 Å². The Balaban J connectivity index is 2.08. The average molecular weight is 315 g/mol. The van der Waals surface area contributed by atoms with Crippen LogP contribution in [-0.4, -0.2) is 5.11 Å². The summed E-state index contributed by atoms with van der Waals surface area (Å²) in [5, 5.41) is 10.4. The van der Waals surface area contributed by atoms with Gasteiger partial charge in [0.2, 0.25) is 0 Å². The van der Waals surface area contributed by atoms with Gasteiger partial charge in [-0.2, -0.15) is 0 Å². The van der Waals surface area contributed by atoms with Crippen molar-refractivity contribution in [1.82, 2.24) is 0 Å². The lowest BCUT2D eigenvalue weighted by atomic mass is 9.77. The molecule has 0 radical (unpaired) electrons. The number of hydrogen-bond acceptors (Lipinski definition) is 1. The van der Waals surface area contributed by atoms with E-state index in [1.165, 1.54) is 25.3 Å². The van der Waals surface area contributed by atoms with Gasteiger partial charge in [0.25, 0.3) is 0 Å². The zero-order chi connectivity index (χ0) is 13.1. The number of benzene rings is 1. The second-order valence-corrected chi connectivity index (χ2v) is 6.07. The Hall–Kier alpha value is -0.410. The molecule has 0 bridgehead atoms. The highest BCUT2D eigenvalue weighted by Crippen LogP contribution is 2.40. The van der Waals surface area contributed by atoms with E-state index in [0.29, 0.717) is 10.0 Å². The lowest BCUT2D eigenvalue weighted by Gasteiger charge is -2.31. The van der Waals surface area contributed by atoms with Crippen molar-refractivity contribution >= 4 is 15.9 Å². The van der Waals surface area contributed by atoms with Crippen LogP contribution in [0.3, 0.4) is 0 Å². The number of halogens is 2. The third-order valence-electron chi connectivity index (χ3n) is 4.22. The van der Waals surface area contributed by atoms with Gasteiger partial charge < -0.3 is 5.11 Å². The lowest BCUT2D eigenvalue weighted by molar-refractivity contribution is 0.0721. The van der Waals surface area contributed by atoms with E-state index in [4.69, 9.17) is 0 Å². The maximum absolute atomic E-state index is 13.5. The summed E-state index contributed by atoms with van der Waals surface area (Å²) in [5.41, 5.74) is 0.690. The Morgan fingerprint density at radius 3 is 2.61 bits per heavy atom. The quantitative estimate of drug-likeness (QED) is 0.846. The highest BCUT2D eigenvalue weighted by molar-refractivity contribution is 9.10. The van der Waals surface area contributed by atoms with E-state index in [-0.39, 0.29) is 11.7 Å². The number of aliphatic hydroxyl groups is 1. The van der Waals surface area contributed by atoms with Crippen molar-refractivity contribution in [2.45, 2.75) is 45.1 Å². The van der Waals surface area contributed by atoms with Crippen LogP contribution in [0.1, 0.15) is 50.7 Å². The van der Waals surface area contributed by atoms with E-state index in [0.717, 1.165) is 18.8 Å². The largest absolute Gasteiger partial charge is 0.388 e. The Bertz CT molecular complexity index is 399. The molecule has 1 aromatic carbocycles. The van der Waals surface area contributed by atoms with Gasteiger partial charge in [0.1, 0.15) is 5.82 Å². The molecule has 0 amide bonds. The smallest absolute Gasteiger partial charge is 0.137 e. The first kappa shape index (κ1) is 14.0. The summed E-state index contributed by atoms with van der Waals surface area (Å²) in [6, 6.07) is 4.88. The topological polar surface area (TPSA) is 20.2 Å². The van der Waals surface area contributed by atoms with Crippen molar-refractivity contribution in [3.8, 4) is 0 Å². The predicted octanol–water partition coefficient (Wildman–Crippen LogP) is 4.84. The third-order valence-corrected chi connectivity index (χ3v) is 5.05. The van der Waals surface area contributed by atoms with Gasteiger partial charge in [0.05, 0.1) is 10.6 Å². The summed E-state index contributed by atoms with van der Waals surface area (Å²) >= 11 is 3.24. The fourth-order valence-corrected chi connectivity index (χ4v) is 3.41. The normalized spacial score (nSPS) is 26.0. The highest BCUT2D eigenvalue weighted by Gasteiger charge is 2.28. The molecular formula is C15H20BrFO. The molecule has 18 heavy (non-hydrogen) atoms. The van der Waals surface area contributed by atoms with E-state index in [1.807, 2.05) is 6.07 Å². The molecule has 1 N–H and O–H groups in total. The molecule has 1 aliphatic carbocycles. The van der Waals surface area contributed by atoms with Crippen LogP contribution >= 0.6 is 15.9 Å². The molecule has 2 rings (SSSR count). The fourth-order valence-electron chi connectivity index (χ4n) is 2.92. The minimum Gasteiger partial charge on any atom is -0.388 e. The minimum atomic E-state index is -0.548. The first-order chi connectivity index (χ1) is 8.63. The molecule has 1 saturated carbocycles. The number of aliphatic hydroxyl groups excluding tert-OH is 1. The van der Waals surface area contributed by atoms with Crippen LogP contribution in [0.4, 0.5) is 4.39 Å². The molecule has 1 aliphatic rings. The fraction of sp³-hybridized carbons (Fsp3) is 0.600. The second kappa shape index (κ2) is 6.16. The molecule has 0 heterocycles. The molecule has 0 spiro atoms. The van der Waals surface area contributed by atoms with Gasteiger partial charge >= 0.3 is 0 Å². The van der Waals surface area contributed by atoms with Crippen molar-refractivity contribution in [1.29, 1.82) is 0 Å². The molecule has 1 atom stereocenters. The van der Waals surface area contributed by atoms with Gasteiger partial charge in [-0.1, -0.05) is 38.3 Å². The summed E-state index contributed by atoms with van der Waals surface area (Å²) in [7, 11) is 0. The molecule has 1 nitrogen and oxygen atoms in total. The average Bonchev–Trinajstić information content (AvgIpc) is 2.41. The van der Waals surface area contributed by atoms with Crippen LogP contribution in [-0.2, 0) is 0 Å². The maximum Gasteiger partial charge on any atom is 0.137 e. The Kier molecular flexibility index (Phi) is 4.79. The van der Waals surface area contributed by atoms with E-state index < -0.39 is 6.10 Å². The zero-order valence-electron chi connectivity index (χ0n) is 10.7. The van der Waals surface area contributed by atoms with Gasteiger partial charge in [-0.3, -0.25) is 0 Å². The van der Waals surface area contributed by atoms with E-state index in [1.54, 1.807) is 6.07 Å². The van der Waals surface area contributed by atoms with E-state index in [9.17, 15) is 9.50 Å². The molecule has 1 unspecified atom stereocenters. The Labute approximate surface area is 117 Å². The maximum atomic E-state index is 13.5. The first-order valence-corrected chi connectivity index (χ1v) is 7.54. The van der Waals surface area contributed by atoms with Gasteiger partial charge in [0, 0.05) is 0 Å². The SMILES string of the molecule is CCC1CCC(C(O)c2cccc(F)c2Br)CC1. The van der Waals surface area contributed by atoms with Crippen LogP contribution in [0.5, 0.6) is 0 Å². The molecule has 1 fully saturated rings. The van der Waals surface area contributed by atoms with E-state index >= 15 is 0 Å². The molecule has 100 valence electrons. The highest BCUT2D eigenvalue weighted by atomic mass is 79.9. The molecule has 1 aromatic rings. The number of rotatable bonds is 3.